The number of guanidine groups is 1. The Morgan fingerprint density at radius 2 is 1.75 bits per heavy atom. The highest BCUT2D eigenvalue weighted by Crippen LogP contribution is 2.23. The van der Waals surface area contributed by atoms with Crippen molar-refractivity contribution in [2.24, 2.45) is 4.99 Å². The minimum atomic E-state index is 0. The summed E-state index contributed by atoms with van der Waals surface area (Å²) in [7, 11) is 5.85. The van der Waals surface area contributed by atoms with Gasteiger partial charge < -0.3 is 20.3 Å². The fourth-order valence-corrected chi connectivity index (χ4v) is 2.94. The first kappa shape index (κ1) is 24.2. The van der Waals surface area contributed by atoms with E-state index < -0.39 is 0 Å². The molecule has 2 rings (SSSR count). The largest absolute Gasteiger partial charge is 0.497 e. The Labute approximate surface area is 186 Å². The summed E-state index contributed by atoms with van der Waals surface area (Å²) >= 11 is 0. The predicted octanol–water partition coefficient (Wildman–Crippen LogP) is 4.23. The van der Waals surface area contributed by atoms with Crippen LogP contribution in [0.2, 0.25) is 0 Å². The molecule has 28 heavy (non-hydrogen) atoms. The molecular weight excluding hydrogens is 463 g/mol. The first-order valence-corrected chi connectivity index (χ1v) is 9.45. The summed E-state index contributed by atoms with van der Waals surface area (Å²) in [5, 5.41) is 6.85. The maximum absolute atomic E-state index is 5.37. The van der Waals surface area contributed by atoms with Crippen LogP contribution in [-0.4, -0.2) is 45.2 Å². The van der Waals surface area contributed by atoms with Crippen molar-refractivity contribution in [3.8, 4) is 5.75 Å². The van der Waals surface area contributed by atoms with Crippen LogP contribution >= 0.6 is 24.0 Å². The Kier molecular flexibility index (Phi) is 10.9. The van der Waals surface area contributed by atoms with E-state index in [2.05, 4.69) is 79.9 Å². The first-order valence-electron chi connectivity index (χ1n) is 9.45. The molecule has 0 aliphatic heterocycles. The maximum Gasteiger partial charge on any atom is 0.191 e. The van der Waals surface area contributed by atoms with Gasteiger partial charge in [0, 0.05) is 6.54 Å². The molecule has 0 fully saturated rings. The minimum absolute atomic E-state index is 0. The molecule has 5 nitrogen and oxygen atoms in total. The lowest BCUT2D eigenvalue weighted by Crippen LogP contribution is -2.39. The number of benzene rings is 2. The normalized spacial score (nSPS) is 13.4. The van der Waals surface area contributed by atoms with Crippen molar-refractivity contribution in [1.29, 1.82) is 0 Å². The third kappa shape index (κ3) is 7.31. The van der Waals surface area contributed by atoms with Gasteiger partial charge in [0.25, 0.3) is 0 Å². The summed E-state index contributed by atoms with van der Waals surface area (Å²) in [5.74, 6) is 1.69. The van der Waals surface area contributed by atoms with E-state index in [0.29, 0.717) is 6.54 Å². The van der Waals surface area contributed by atoms with Gasteiger partial charge in [-0.15, -0.1) is 24.0 Å². The van der Waals surface area contributed by atoms with E-state index in [4.69, 9.17) is 9.73 Å². The molecular formula is C22H33IN4O. The van der Waals surface area contributed by atoms with E-state index in [9.17, 15) is 0 Å². The molecule has 0 saturated heterocycles. The monoisotopic (exact) mass is 496 g/mol. The lowest BCUT2D eigenvalue weighted by Gasteiger charge is -2.25. The van der Waals surface area contributed by atoms with Crippen LogP contribution in [0.1, 0.15) is 37.1 Å². The SMILES string of the molecule is CCNC(=NCC(c1cccc(OC)c1)N(C)C)NC(C)c1ccccc1.I. The van der Waals surface area contributed by atoms with E-state index in [1.54, 1.807) is 7.11 Å². The van der Waals surface area contributed by atoms with Crippen LogP contribution in [0, 0.1) is 0 Å². The first-order chi connectivity index (χ1) is 13.0. The topological polar surface area (TPSA) is 48.9 Å². The van der Waals surface area contributed by atoms with Crippen LogP contribution < -0.4 is 15.4 Å². The molecule has 6 heteroatoms. The summed E-state index contributed by atoms with van der Waals surface area (Å²) in [4.78, 5) is 7.03. The second kappa shape index (κ2) is 12.6. The van der Waals surface area contributed by atoms with Crippen LogP contribution in [0.25, 0.3) is 0 Å². The molecule has 0 heterocycles. The molecule has 2 atom stereocenters. The molecule has 154 valence electrons. The second-order valence-electron chi connectivity index (χ2n) is 6.75. The lowest BCUT2D eigenvalue weighted by molar-refractivity contribution is 0.305. The van der Waals surface area contributed by atoms with Gasteiger partial charge in [-0.05, 0) is 51.2 Å². The molecule has 0 saturated carbocycles. The number of likely N-dealkylation sites (N-methyl/N-ethyl adjacent to an activating group) is 1. The fourth-order valence-electron chi connectivity index (χ4n) is 2.94. The van der Waals surface area contributed by atoms with Crippen LogP contribution in [0.5, 0.6) is 5.75 Å². The van der Waals surface area contributed by atoms with Gasteiger partial charge in [-0.2, -0.15) is 0 Å². The molecule has 0 radical (unpaired) electrons. The molecule has 2 aromatic carbocycles. The predicted molar refractivity (Wildman–Crippen MR) is 129 cm³/mol. The van der Waals surface area contributed by atoms with Gasteiger partial charge in [0.05, 0.1) is 25.7 Å². The average molecular weight is 496 g/mol. The Morgan fingerprint density at radius 3 is 2.36 bits per heavy atom. The number of rotatable bonds is 8. The Hall–Kier alpha value is -1.80. The zero-order valence-electron chi connectivity index (χ0n) is 17.5. The van der Waals surface area contributed by atoms with Crippen molar-refractivity contribution < 1.29 is 4.74 Å². The fraction of sp³-hybridized carbons (Fsp3) is 0.409. The lowest BCUT2D eigenvalue weighted by atomic mass is 10.1. The van der Waals surface area contributed by atoms with Crippen LogP contribution in [0.15, 0.2) is 59.6 Å². The van der Waals surface area contributed by atoms with Crippen LogP contribution in [-0.2, 0) is 0 Å². The molecule has 0 amide bonds. The minimum Gasteiger partial charge on any atom is -0.497 e. The molecule has 0 spiro atoms. The van der Waals surface area contributed by atoms with Crippen molar-refractivity contribution >= 4 is 29.9 Å². The number of methoxy groups -OCH3 is 1. The summed E-state index contributed by atoms with van der Waals surface area (Å²) < 4.78 is 5.37. The third-order valence-corrected chi connectivity index (χ3v) is 4.52. The quantitative estimate of drug-likeness (QED) is 0.326. The van der Waals surface area contributed by atoms with Gasteiger partial charge in [0.2, 0.25) is 0 Å². The maximum atomic E-state index is 5.37. The smallest absolute Gasteiger partial charge is 0.191 e. The molecule has 0 aliphatic carbocycles. The molecule has 0 aromatic heterocycles. The van der Waals surface area contributed by atoms with Crippen molar-refractivity contribution in [3.05, 3.63) is 65.7 Å². The van der Waals surface area contributed by atoms with Gasteiger partial charge in [-0.1, -0.05) is 42.5 Å². The number of aliphatic imine (C=N–C) groups is 1. The van der Waals surface area contributed by atoms with E-state index in [1.807, 2.05) is 18.2 Å². The van der Waals surface area contributed by atoms with Crippen molar-refractivity contribution in [2.45, 2.75) is 25.9 Å². The summed E-state index contributed by atoms with van der Waals surface area (Å²) in [6.45, 7) is 5.69. The zero-order valence-corrected chi connectivity index (χ0v) is 19.8. The van der Waals surface area contributed by atoms with Gasteiger partial charge in [0.15, 0.2) is 5.96 Å². The highest BCUT2D eigenvalue weighted by molar-refractivity contribution is 14.0. The zero-order chi connectivity index (χ0) is 19.6. The van der Waals surface area contributed by atoms with Crippen molar-refractivity contribution in [2.75, 3.05) is 34.3 Å². The molecule has 2 aromatic rings. The number of hydrogen-bond acceptors (Lipinski definition) is 3. The molecule has 0 bridgehead atoms. The Morgan fingerprint density at radius 1 is 1.07 bits per heavy atom. The van der Waals surface area contributed by atoms with E-state index in [-0.39, 0.29) is 36.1 Å². The van der Waals surface area contributed by atoms with Gasteiger partial charge in [0.1, 0.15) is 5.75 Å². The van der Waals surface area contributed by atoms with Crippen LogP contribution in [0.3, 0.4) is 0 Å². The third-order valence-electron chi connectivity index (χ3n) is 4.52. The number of nitrogens with zero attached hydrogens (tertiary/aromatic N) is 2. The second-order valence-corrected chi connectivity index (χ2v) is 6.75. The number of halogens is 1. The number of ether oxygens (including phenoxy) is 1. The van der Waals surface area contributed by atoms with E-state index in [1.165, 1.54) is 11.1 Å². The summed E-state index contributed by atoms with van der Waals surface area (Å²) in [6.07, 6.45) is 0. The number of nitrogens with one attached hydrogen (secondary N) is 2. The summed E-state index contributed by atoms with van der Waals surface area (Å²) in [6, 6.07) is 18.9. The molecule has 2 unspecified atom stereocenters. The standard InChI is InChI=1S/C22H32N4O.HI/c1-6-23-22(25-17(2)18-11-8-7-9-12-18)24-16-21(26(3)4)19-13-10-14-20(15-19)27-5;/h7-15,17,21H,6,16H2,1-5H3,(H2,23,24,25);1H. The van der Waals surface area contributed by atoms with Crippen LogP contribution in [0.4, 0.5) is 0 Å². The summed E-state index contributed by atoms with van der Waals surface area (Å²) in [5.41, 5.74) is 2.43. The highest BCUT2D eigenvalue weighted by Gasteiger charge is 2.15. The van der Waals surface area contributed by atoms with Gasteiger partial charge in [-0.25, -0.2) is 0 Å². The van der Waals surface area contributed by atoms with E-state index in [0.717, 1.165) is 18.3 Å². The van der Waals surface area contributed by atoms with Gasteiger partial charge >= 0.3 is 0 Å². The van der Waals surface area contributed by atoms with Gasteiger partial charge in [-0.3, -0.25) is 4.99 Å². The van der Waals surface area contributed by atoms with Crippen molar-refractivity contribution in [1.82, 2.24) is 15.5 Å². The molecule has 2 N–H and O–H groups in total. The van der Waals surface area contributed by atoms with E-state index >= 15 is 0 Å². The highest BCUT2D eigenvalue weighted by atomic mass is 127. The average Bonchev–Trinajstić information content (AvgIpc) is 2.68. The Balaban J connectivity index is 0.00000392. The van der Waals surface area contributed by atoms with Crippen molar-refractivity contribution in [3.63, 3.8) is 0 Å². The molecule has 0 aliphatic rings. The Bertz CT molecular complexity index is 721. The number of hydrogen-bond donors (Lipinski definition) is 2.